The summed E-state index contributed by atoms with van der Waals surface area (Å²) in [7, 11) is 0. The zero-order valence-corrected chi connectivity index (χ0v) is 8.65. The molecule has 9 heteroatoms. The van der Waals surface area contributed by atoms with Crippen molar-refractivity contribution in [2.45, 2.75) is 12.0 Å². The molecule has 0 spiro atoms. The molecule has 1 aromatic heterocycles. The van der Waals surface area contributed by atoms with Gasteiger partial charge in [0.15, 0.2) is 5.54 Å². The van der Waals surface area contributed by atoms with Gasteiger partial charge in [-0.15, -0.1) is 5.10 Å². The predicted octanol–water partition coefficient (Wildman–Crippen LogP) is -1.89. The van der Waals surface area contributed by atoms with Crippen molar-refractivity contribution in [2.75, 3.05) is 18.5 Å². The van der Waals surface area contributed by atoms with E-state index in [1.807, 2.05) is 10.1 Å². The fourth-order valence-electron chi connectivity index (χ4n) is 1.54. The molecular formula is C8H10N4O5. The first kappa shape index (κ1) is 11.3. The Kier molecular flexibility index (Phi) is 2.68. The van der Waals surface area contributed by atoms with E-state index in [-0.39, 0.29) is 25.5 Å². The highest BCUT2D eigenvalue weighted by atomic mass is 16.5. The highest BCUT2D eigenvalue weighted by molar-refractivity contribution is 5.82. The van der Waals surface area contributed by atoms with E-state index < -0.39 is 22.8 Å². The molecule has 0 bridgehead atoms. The Balaban J connectivity index is 2.33. The molecule has 1 saturated heterocycles. The Labute approximate surface area is 93.8 Å². The van der Waals surface area contributed by atoms with E-state index in [0.29, 0.717) is 0 Å². The molecule has 0 saturated carbocycles. The monoisotopic (exact) mass is 242 g/mol. The number of aliphatic carboxylic acids is 1. The number of carboxylic acids is 1. The van der Waals surface area contributed by atoms with Crippen LogP contribution in [0.15, 0.2) is 9.59 Å². The van der Waals surface area contributed by atoms with Crippen molar-refractivity contribution in [1.29, 1.82) is 0 Å². The Morgan fingerprint density at radius 3 is 2.82 bits per heavy atom. The van der Waals surface area contributed by atoms with E-state index in [2.05, 4.69) is 10.4 Å². The summed E-state index contributed by atoms with van der Waals surface area (Å²) in [5.74, 6) is -1.39. The molecule has 0 amide bonds. The topological polar surface area (TPSA) is 137 Å². The van der Waals surface area contributed by atoms with E-state index in [0.717, 1.165) is 0 Å². The SMILES string of the molecule is O=C(O)C1(Nc2n[nH]c(=O)[nH]c2=O)CCOC1. The third-order valence-corrected chi connectivity index (χ3v) is 2.50. The zero-order chi connectivity index (χ0) is 12.5. The van der Waals surface area contributed by atoms with Gasteiger partial charge in [-0.3, -0.25) is 9.78 Å². The van der Waals surface area contributed by atoms with Crippen molar-refractivity contribution in [3.8, 4) is 0 Å². The molecule has 1 atom stereocenters. The van der Waals surface area contributed by atoms with Crippen LogP contribution in [0.25, 0.3) is 0 Å². The van der Waals surface area contributed by atoms with E-state index in [1.165, 1.54) is 0 Å². The Bertz CT molecular complexity index is 541. The number of rotatable bonds is 3. The van der Waals surface area contributed by atoms with E-state index in [4.69, 9.17) is 9.84 Å². The summed E-state index contributed by atoms with van der Waals surface area (Å²) >= 11 is 0. The summed E-state index contributed by atoms with van der Waals surface area (Å²) in [5, 5.41) is 17.1. The van der Waals surface area contributed by atoms with Crippen LogP contribution in [0.2, 0.25) is 0 Å². The number of nitrogens with one attached hydrogen (secondary N) is 3. The van der Waals surface area contributed by atoms with Gasteiger partial charge in [-0.2, -0.15) is 0 Å². The molecule has 1 fully saturated rings. The predicted molar refractivity (Wildman–Crippen MR) is 54.9 cm³/mol. The van der Waals surface area contributed by atoms with Gasteiger partial charge in [0.1, 0.15) is 0 Å². The Morgan fingerprint density at radius 2 is 2.29 bits per heavy atom. The van der Waals surface area contributed by atoms with Crippen molar-refractivity contribution in [3.63, 3.8) is 0 Å². The minimum Gasteiger partial charge on any atom is -0.479 e. The van der Waals surface area contributed by atoms with Crippen LogP contribution < -0.4 is 16.6 Å². The lowest BCUT2D eigenvalue weighted by molar-refractivity contribution is -0.142. The molecule has 92 valence electrons. The van der Waals surface area contributed by atoms with Crippen LogP contribution in [0, 0.1) is 0 Å². The highest BCUT2D eigenvalue weighted by Crippen LogP contribution is 2.22. The zero-order valence-electron chi connectivity index (χ0n) is 8.65. The number of carbonyl (C=O) groups is 1. The maximum absolute atomic E-state index is 11.4. The van der Waals surface area contributed by atoms with Gasteiger partial charge < -0.3 is 15.2 Å². The van der Waals surface area contributed by atoms with Gasteiger partial charge in [0, 0.05) is 13.0 Å². The van der Waals surface area contributed by atoms with Crippen LogP contribution in [-0.4, -0.2) is 45.0 Å². The number of ether oxygens (including phenoxy) is 1. The number of carboxylic acid groups (broad SMARTS) is 1. The van der Waals surface area contributed by atoms with Crippen LogP contribution in [-0.2, 0) is 9.53 Å². The lowest BCUT2D eigenvalue weighted by Gasteiger charge is -2.23. The van der Waals surface area contributed by atoms with Crippen LogP contribution in [0.1, 0.15) is 6.42 Å². The van der Waals surface area contributed by atoms with Gasteiger partial charge in [0.05, 0.1) is 6.61 Å². The highest BCUT2D eigenvalue weighted by Gasteiger charge is 2.43. The number of hydrogen-bond acceptors (Lipinski definition) is 6. The molecule has 1 aliphatic heterocycles. The van der Waals surface area contributed by atoms with Crippen molar-refractivity contribution in [3.05, 3.63) is 20.8 Å². The second-order valence-corrected chi connectivity index (χ2v) is 3.67. The molecular weight excluding hydrogens is 232 g/mol. The maximum atomic E-state index is 11.4. The average molecular weight is 242 g/mol. The van der Waals surface area contributed by atoms with Crippen molar-refractivity contribution in [2.24, 2.45) is 0 Å². The molecule has 0 aromatic carbocycles. The second-order valence-electron chi connectivity index (χ2n) is 3.67. The molecule has 4 N–H and O–H groups in total. The molecule has 1 aliphatic rings. The third-order valence-electron chi connectivity index (χ3n) is 2.50. The number of anilines is 1. The molecule has 17 heavy (non-hydrogen) atoms. The first-order valence-corrected chi connectivity index (χ1v) is 4.82. The number of aromatic amines is 2. The van der Waals surface area contributed by atoms with Crippen LogP contribution >= 0.6 is 0 Å². The second kappa shape index (κ2) is 4.01. The van der Waals surface area contributed by atoms with Crippen molar-refractivity contribution < 1.29 is 14.6 Å². The van der Waals surface area contributed by atoms with Gasteiger partial charge >= 0.3 is 11.7 Å². The summed E-state index contributed by atoms with van der Waals surface area (Å²) in [6.45, 7) is 0.211. The van der Waals surface area contributed by atoms with Crippen molar-refractivity contribution in [1.82, 2.24) is 15.2 Å². The lowest BCUT2D eigenvalue weighted by Crippen LogP contribution is -2.49. The fraction of sp³-hybridized carbons (Fsp3) is 0.500. The first-order chi connectivity index (χ1) is 8.03. The Morgan fingerprint density at radius 1 is 1.53 bits per heavy atom. The fourth-order valence-corrected chi connectivity index (χ4v) is 1.54. The summed E-state index contributed by atoms with van der Waals surface area (Å²) in [4.78, 5) is 35.2. The van der Waals surface area contributed by atoms with Crippen LogP contribution in [0.4, 0.5) is 5.82 Å². The van der Waals surface area contributed by atoms with E-state index >= 15 is 0 Å². The molecule has 1 aromatic rings. The normalized spacial score (nSPS) is 23.5. The average Bonchev–Trinajstić information content (AvgIpc) is 2.72. The molecule has 1 unspecified atom stereocenters. The number of nitrogens with zero attached hydrogens (tertiary/aromatic N) is 1. The standard InChI is InChI=1S/C8H10N4O5/c13-5-4(11-12-7(16)9-5)10-8(6(14)15)1-2-17-3-8/h1-3H2,(H,10,11)(H,14,15)(H2,9,12,13,16). The quantitative estimate of drug-likeness (QED) is 0.486. The lowest BCUT2D eigenvalue weighted by atomic mass is 9.99. The number of hydrogen-bond donors (Lipinski definition) is 4. The summed E-state index contributed by atoms with van der Waals surface area (Å²) < 4.78 is 5.00. The molecule has 0 aliphatic carbocycles. The molecule has 9 nitrogen and oxygen atoms in total. The van der Waals surface area contributed by atoms with E-state index in [9.17, 15) is 14.4 Å². The van der Waals surface area contributed by atoms with Gasteiger partial charge in [-0.25, -0.2) is 14.7 Å². The smallest absolute Gasteiger partial charge is 0.342 e. The number of H-pyrrole nitrogens is 2. The Hall–Kier alpha value is -2.16. The largest absolute Gasteiger partial charge is 0.479 e. The van der Waals surface area contributed by atoms with Gasteiger partial charge in [-0.1, -0.05) is 0 Å². The first-order valence-electron chi connectivity index (χ1n) is 4.82. The van der Waals surface area contributed by atoms with E-state index in [1.54, 1.807) is 0 Å². The van der Waals surface area contributed by atoms with Crippen LogP contribution in [0.3, 0.4) is 0 Å². The van der Waals surface area contributed by atoms with Gasteiger partial charge in [0.2, 0.25) is 5.82 Å². The minimum absolute atomic E-state index is 0.0669. The van der Waals surface area contributed by atoms with Gasteiger partial charge in [0.25, 0.3) is 5.56 Å². The summed E-state index contributed by atoms with van der Waals surface area (Å²) in [5.41, 5.74) is -2.91. The minimum atomic E-state index is -1.38. The van der Waals surface area contributed by atoms with Crippen LogP contribution in [0.5, 0.6) is 0 Å². The number of aromatic nitrogens is 3. The van der Waals surface area contributed by atoms with Gasteiger partial charge in [-0.05, 0) is 0 Å². The molecule has 2 heterocycles. The molecule has 0 radical (unpaired) electrons. The molecule has 2 rings (SSSR count). The van der Waals surface area contributed by atoms with Crippen molar-refractivity contribution >= 4 is 11.8 Å². The summed E-state index contributed by atoms with van der Waals surface area (Å²) in [6, 6.07) is 0. The maximum Gasteiger partial charge on any atom is 0.342 e. The summed E-state index contributed by atoms with van der Waals surface area (Å²) in [6.07, 6.45) is 0.211. The third kappa shape index (κ3) is 2.04.